The first kappa shape index (κ1) is 18.4. The Morgan fingerprint density at radius 1 is 1.15 bits per heavy atom. The summed E-state index contributed by atoms with van der Waals surface area (Å²) in [6.07, 6.45) is 2.58. The molecule has 1 spiro atoms. The van der Waals surface area contributed by atoms with Crippen molar-refractivity contribution in [3.8, 4) is 5.75 Å². The van der Waals surface area contributed by atoms with Crippen LogP contribution in [0.5, 0.6) is 5.75 Å². The lowest BCUT2D eigenvalue weighted by atomic mass is 10.0. The number of sulfonamides is 1. The molecule has 0 unspecified atom stereocenters. The van der Waals surface area contributed by atoms with Gasteiger partial charge in [-0.05, 0) is 38.1 Å². The van der Waals surface area contributed by atoms with E-state index in [9.17, 15) is 8.42 Å². The first-order chi connectivity index (χ1) is 12.9. The van der Waals surface area contributed by atoms with Crippen LogP contribution in [0.25, 0.3) is 0 Å². The van der Waals surface area contributed by atoms with E-state index >= 15 is 0 Å². The van der Waals surface area contributed by atoms with Crippen molar-refractivity contribution >= 4 is 10.0 Å². The molecule has 2 aliphatic rings. The Morgan fingerprint density at radius 2 is 1.93 bits per heavy atom. The van der Waals surface area contributed by atoms with Crippen LogP contribution in [0, 0.1) is 0 Å². The highest BCUT2D eigenvalue weighted by Crippen LogP contribution is 2.39. The van der Waals surface area contributed by atoms with Crippen LogP contribution in [-0.2, 0) is 16.6 Å². The molecule has 0 aliphatic carbocycles. The maximum atomic E-state index is 13.2. The third-order valence-corrected chi connectivity index (χ3v) is 7.35. The molecule has 1 fully saturated rings. The fourth-order valence-corrected chi connectivity index (χ4v) is 5.79. The minimum Gasteiger partial charge on any atom is -0.483 e. The first-order valence-corrected chi connectivity index (χ1v) is 10.8. The molecule has 1 aromatic carbocycles. The Balaban J connectivity index is 1.66. The van der Waals surface area contributed by atoms with Gasteiger partial charge in [-0.25, -0.2) is 8.42 Å². The second-order valence-corrected chi connectivity index (χ2v) is 9.52. The van der Waals surface area contributed by atoms with Gasteiger partial charge in [0.25, 0.3) is 0 Å². The molecule has 0 amide bonds. The fourth-order valence-electron chi connectivity index (χ4n) is 3.96. The zero-order valence-electron chi connectivity index (χ0n) is 15.7. The number of rotatable bonds is 3. The second kappa shape index (κ2) is 6.89. The van der Waals surface area contributed by atoms with Crippen LogP contribution in [-0.4, -0.2) is 53.9 Å². The normalized spacial score (nSPS) is 25.3. The number of ether oxygens (including phenoxy) is 1. The lowest BCUT2D eigenvalue weighted by Crippen LogP contribution is -2.51. The minimum atomic E-state index is -3.58. The average Bonchev–Trinajstić information content (AvgIpc) is 2.98. The Morgan fingerprint density at radius 3 is 2.67 bits per heavy atom. The van der Waals surface area contributed by atoms with E-state index in [1.165, 1.54) is 0 Å². The number of pyridine rings is 1. The molecular weight excluding hydrogens is 362 g/mol. The second-order valence-electron chi connectivity index (χ2n) is 7.66. The topological polar surface area (TPSA) is 62.7 Å². The van der Waals surface area contributed by atoms with Gasteiger partial charge in [-0.2, -0.15) is 4.31 Å². The molecule has 4 rings (SSSR count). The van der Waals surface area contributed by atoms with Crippen molar-refractivity contribution in [3.05, 3.63) is 54.4 Å². The Bertz CT molecular complexity index is 917. The van der Waals surface area contributed by atoms with E-state index in [2.05, 4.69) is 9.88 Å². The quantitative estimate of drug-likeness (QED) is 0.810. The molecule has 27 heavy (non-hydrogen) atoms. The van der Waals surface area contributed by atoms with E-state index in [-0.39, 0.29) is 10.9 Å². The Hall–Kier alpha value is -1.96. The maximum Gasteiger partial charge on any atom is 0.247 e. The molecular formula is C20H25N3O3S. The summed E-state index contributed by atoms with van der Waals surface area (Å²) in [5, 5.41) is 0. The summed E-state index contributed by atoms with van der Waals surface area (Å²) in [6.45, 7) is 6.46. The summed E-state index contributed by atoms with van der Waals surface area (Å²) >= 11 is 0. The van der Waals surface area contributed by atoms with Gasteiger partial charge in [-0.3, -0.25) is 9.88 Å². The van der Waals surface area contributed by atoms with Gasteiger partial charge in [0.05, 0.1) is 12.2 Å². The first-order valence-electron chi connectivity index (χ1n) is 9.32. The van der Waals surface area contributed by atoms with Crippen molar-refractivity contribution < 1.29 is 13.2 Å². The van der Waals surface area contributed by atoms with E-state index < -0.39 is 15.6 Å². The molecule has 0 N–H and O–H groups in total. The van der Waals surface area contributed by atoms with Crippen molar-refractivity contribution in [1.82, 2.24) is 14.2 Å². The van der Waals surface area contributed by atoms with E-state index in [1.54, 1.807) is 28.7 Å². The Kier molecular flexibility index (Phi) is 4.70. The highest BCUT2D eigenvalue weighted by Gasteiger charge is 2.48. The van der Waals surface area contributed by atoms with E-state index in [0.29, 0.717) is 18.8 Å². The molecule has 144 valence electrons. The van der Waals surface area contributed by atoms with Crippen LogP contribution < -0.4 is 4.74 Å². The van der Waals surface area contributed by atoms with Gasteiger partial charge in [-0.1, -0.05) is 18.2 Å². The molecule has 6 nitrogen and oxygen atoms in total. The van der Waals surface area contributed by atoms with Gasteiger partial charge in [0.15, 0.2) is 0 Å². The number of benzene rings is 1. The number of nitrogens with zero attached hydrogens (tertiary/aromatic N) is 3. The molecule has 0 radical (unpaired) electrons. The summed E-state index contributed by atoms with van der Waals surface area (Å²) in [6, 6.07) is 12.8. The SMILES string of the molecule is CC(C)N1C[C@]2(CCN(Cc3ccccn3)C2)Oc2ccccc2S1(=O)=O. The lowest BCUT2D eigenvalue weighted by molar-refractivity contribution is 0.0531. The molecule has 1 aromatic heterocycles. The summed E-state index contributed by atoms with van der Waals surface area (Å²) in [7, 11) is -3.58. The van der Waals surface area contributed by atoms with Crippen LogP contribution in [0.1, 0.15) is 26.0 Å². The van der Waals surface area contributed by atoms with Crippen LogP contribution in [0.4, 0.5) is 0 Å². The molecule has 1 atom stereocenters. The smallest absolute Gasteiger partial charge is 0.247 e. The van der Waals surface area contributed by atoms with Crippen molar-refractivity contribution in [2.45, 2.75) is 43.4 Å². The Labute approximate surface area is 160 Å². The molecule has 3 heterocycles. The molecule has 7 heteroatoms. The summed E-state index contributed by atoms with van der Waals surface area (Å²) < 4.78 is 34.4. The predicted molar refractivity (Wildman–Crippen MR) is 103 cm³/mol. The largest absolute Gasteiger partial charge is 0.483 e. The van der Waals surface area contributed by atoms with Crippen molar-refractivity contribution in [1.29, 1.82) is 0 Å². The third kappa shape index (κ3) is 3.47. The average molecular weight is 388 g/mol. The third-order valence-electron chi connectivity index (χ3n) is 5.29. The van der Waals surface area contributed by atoms with Crippen molar-refractivity contribution in [2.75, 3.05) is 19.6 Å². The lowest BCUT2D eigenvalue weighted by Gasteiger charge is -2.33. The number of para-hydroxylation sites is 1. The van der Waals surface area contributed by atoms with Crippen LogP contribution in [0.3, 0.4) is 0 Å². The zero-order valence-corrected chi connectivity index (χ0v) is 16.5. The van der Waals surface area contributed by atoms with Crippen molar-refractivity contribution in [3.63, 3.8) is 0 Å². The molecule has 0 saturated carbocycles. The summed E-state index contributed by atoms with van der Waals surface area (Å²) in [4.78, 5) is 6.96. The van der Waals surface area contributed by atoms with Gasteiger partial charge in [0, 0.05) is 38.3 Å². The number of likely N-dealkylation sites (tertiary alicyclic amines) is 1. The summed E-state index contributed by atoms with van der Waals surface area (Å²) in [5.41, 5.74) is 0.468. The molecule has 2 aliphatic heterocycles. The zero-order chi connectivity index (χ0) is 19.1. The highest BCUT2D eigenvalue weighted by atomic mass is 32.2. The van der Waals surface area contributed by atoms with Crippen LogP contribution in [0.15, 0.2) is 53.6 Å². The minimum absolute atomic E-state index is 0.133. The fraction of sp³-hybridized carbons (Fsp3) is 0.450. The monoisotopic (exact) mass is 387 g/mol. The van der Waals surface area contributed by atoms with E-state index in [0.717, 1.165) is 25.2 Å². The maximum absolute atomic E-state index is 13.2. The number of aromatic nitrogens is 1. The van der Waals surface area contributed by atoms with Gasteiger partial charge >= 0.3 is 0 Å². The van der Waals surface area contributed by atoms with Gasteiger partial charge in [0.1, 0.15) is 16.2 Å². The number of hydrogen-bond donors (Lipinski definition) is 0. The summed E-state index contributed by atoms with van der Waals surface area (Å²) in [5.74, 6) is 0.459. The van der Waals surface area contributed by atoms with E-state index in [1.807, 2.05) is 38.1 Å². The molecule has 1 saturated heterocycles. The van der Waals surface area contributed by atoms with Gasteiger partial charge < -0.3 is 4.74 Å². The highest BCUT2D eigenvalue weighted by molar-refractivity contribution is 7.89. The van der Waals surface area contributed by atoms with Crippen LogP contribution in [0.2, 0.25) is 0 Å². The molecule has 2 aromatic rings. The predicted octanol–water partition coefficient (Wildman–Crippen LogP) is 2.52. The van der Waals surface area contributed by atoms with Crippen molar-refractivity contribution in [2.24, 2.45) is 0 Å². The van der Waals surface area contributed by atoms with Gasteiger partial charge in [0.2, 0.25) is 10.0 Å². The van der Waals surface area contributed by atoms with E-state index in [4.69, 9.17) is 4.74 Å². The van der Waals surface area contributed by atoms with Crippen LogP contribution >= 0.6 is 0 Å². The number of hydrogen-bond acceptors (Lipinski definition) is 5. The number of fused-ring (bicyclic) bond motifs is 1. The standard InChI is InChI=1S/C20H25N3O3S/c1-16(2)23-15-20(26-18-8-3-4-9-19(18)27(23,24)25)10-12-22(14-20)13-17-7-5-6-11-21-17/h3-9,11,16H,10,12-15H2,1-2H3/t20-/m1/s1. The van der Waals surface area contributed by atoms with Gasteiger partial charge in [-0.15, -0.1) is 0 Å². The molecule has 0 bridgehead atoms.